The van der Waals surface area contributed by atoms with E-state index in [0.29, 0.717) is 0 Å². The maximum atomic E-state index is 6.29. The molecule has 1 aliphatic heterocycles. The van der Waals surface area contributed by atoms with Gasteiger partial charge in [-0.1, -0.05) is 84.3 Å². The van der Waals surface area contributed by atoms with Gasteiger partial charge in [-0.2, -0.15) is 0 Å². The molecule has 4 aromatic carbocycles. The molecule has 0 atom stereocenters. The second-order valence-electron chi connectivity index (χ2n) is 7.19. The van der Waals surface area contributed by atoms with Crippen molar-refractivity contribution in [3.05, 3.63) is 113 Å². The number of fused-ring (bicyclic) bond motifs is 9. The molecule has 2 heteroatoms. The van der Waals surface area contributed by atoms with Crippen LogP contribution in [0.25, 0.3) is 11.1 Å². The third-order valence-electron chi connectivity index (χ3n) is 5.87. The number of hydrogen-bond donors (Lipinski definition) is 0. The Morgan fingerprint density at radius 3 is 1.81 bits per heavy atom. The molecule has 6 rings (SSSR count). The minimum atomic E-state index is -0.384. The van der Waals surface area contributed by atoms with Crippen molar-refractivity contribution in [2.24, 2.45) is 0 Å². The lowest BCUT2D eigenvalue weighted by Crippen LogP contribution is -2.32. The molecule has 0 fully saturated rings. The molecule has 0 amide bonds. The van der Waals surface area contributed by atoms with E-state index >= 15 is 0 Å². The Kier molecular flexibility index (Phi) is 2.83. The Morgan fingerprint density at radius 2 is 1.11 bits per heavy atom. The van der Waals surface area contributed by atoms with Gasteiger partial charge in [-0.3, -0.25) is 0 Å². The van der Waals surface area contributed by atoms with E-state index < -0.39 is 0 Å². The van der Waals surface area contributed by atoms with Crippen LogP contribution in [0.4, 0.5) is 0 Å². The first kappa shape index (κ1) is 14.9. The summed E-state index contributed by atoms with van der Waals surface area (Å²) in [5.41, 5.74) is 7.76. The van der Waals surface area contributed by atoms with E-state index in [9.17, 15) is 0 Å². The second-order valence-corrected chi connectivity index (χ2v) is 7.19. The van der Waals surface area contributed by atoms with Gasteiger partial charge in [0.2, 0.25) is 0 Å². The first-order valence-electron chi connectivity index (χ1n) is 9.17. The minimum absolute atomic E-state index is 0.384. The van der Waals surface area contributed by atoms with Crippen molar-refractivity contribution < 1.29 is 4.74 Å². The zero-order valence-corrected chi connectivity index (χ0v) is 14.6. The summed E-state index contributed by atoms with van der Waals surface area (Å²) in [6.45, 7) is 0. The average molecular weight is 342 g/mol. The normalized spacial score (nSPS) is 14.7. The largest absolute Gasteiger partial charge is 0.457 e. The fraction of sp³-hybridized carbons (Fsp3) is 0.0400. The van der Waals surface area contributed by atoms with E-state index in [1.165, 1.54) is 33.4 Å². The van der Waals surface area contributed by atoms with Crippen LogP contribution >= 0.6 is 0 Å². The quantitative estimate of drug-likeness (QED) is 0.355. The van der Waals surface area contributed by atoms with Gasteiger partial charge in [-0.05, 0) is 34.4 Å². The Bertz CT molecular complexity index is 1180. The van der Waals surface area contributed by atoms with Crippen LogP contribution in [0.15, 0.2) is 91.0 Å². The summed E-state index contributed by atoms with van der Waals surface area (Å²) >= 11 is 0. The lowest BCUT2D eigenvalue weighted by Gasteiger charge is -2.39. The van der Waals surface area contributed by atoms with E-state index in [2.05, 4.69) is 72.8 Å². The predicted octanol–water partition coefficient (Wildman–Crippen LogP) is 4.95. The second kappa shape index (κ2) is 5.14. The highest BCUT2D eigenvalue weighted by Gasteiger charge is 2.50. The van der Waals surface area contributed by atoms with Crippen LogP contribution in [0.2, 0.25) is 0 Å². The van der Waals surface area contributed by atoms with Gasteiger partial charge < -0.3 is 4.74 Å². The fourth-order valence-corrected chi connectivity index (χ4v) is 4.88. The van der Waals surface area contributed by atoms with Gasteiger partial charge in [0.15, 0.2) is 0 Å². The van der Waals surface area contributed by atoms with E-state index in [1.54, 1.807) is 0 Å². The first-order valence-corrected chi connectivity index (χ1v) is 9.17. The van der Waals surface area contributed by atoms with Crippen LogP contribution in [0.3, 0.4) is 0 Å². The summed E-state index contributed by atoms with van der Waals surface area (Å²) in [6, 6.07) is 31.7. The molecule has 2 aliphatic rings. The van der Waals surface area contributed by atoms with Gasteiger partial charge in [0.1, 0.15) is 19.3 Å². The highest BCUT2D eigenvalue weighted by molar-refractivity contribution is 6.32. The van der Waals surface area contributed by atoms with Crippen LogP contribution < -0.4 is 10.2 Å². The summed E-state index contributed by atoms with van der Waals surface area (Å²) in [5.74, 6) is 1.83. The number of rotatable bonds is 0. The molecular formula is C25H15BO. The average Bonchev–Trinajstić information content (AvgIpc) is 2.99. The number of para-hydroxylation sites is 2. The molecule has 0 N–H and O–H groups in total. The molecule has 1 nitrogen and oxygen atoms in total. The molecule has 0 aromatic heterocycles. The van der Waals surface area contributed by atoms with Crippen molar-refractivity contribution in [3.8, 4) is 22.6 Å². The number of hydrogen-bond acceptors (Lipinski definition) is 1. The lowest BCUT2D eigenvalue weighted by atomic mass is 9.66. The third kappa shape index (κ3) is 1.75. The maximum Gasteiger partial charge on any atom is 0.132 e. The Labute approximate surface area is 159 Å². The molecule has 27 heavy (non-hydrogen) atoms. The monoisotopic (exact) mass is 342 g/mol. The molecule has 2 radical (unpaired) electrons. The Hall–Kier alpha value is -3.26. The molecule has 0 unspecified atom stereocenters. The van der Waals surface area contributed by atoms with E-state index in [-0.39, 0.29) is 5.41 Å². The zero-order valence-electron chi connectivity index (χ0n) is 14.6. The van der Waals surface area contributed by atoms with Crippen LogP contribution in [0.1, 0.15) is 22.3 Å². The summed E-state index contributed by atoms with van der Waals surface area (Å²) in [4.78, 5) is 0. The fourth-order valence-electron chi connectivity index (χ4n) is 4.88. The summed E-state index contributed by atoms with van der Waals surface area (Å²) < 4.78 is 6.29. The standard InChI is InChI=1S/C25H15BO/c26-16-13-14-20-18(15-16)17-7-1-2-8-19(17)25(20)21-9-3-5-11-23(21)27-24-12-6-4-10-22(24)25/h1-15H. The SMILES string of the molecule is [B]c1ccc2c(c1)-c1ccccc1C21c2ccccc2Oc2ccccc21. The van der Waals surface area contributed by atoms with Gasteiger partial charge in [0.25, 0.3) is 0 Å². The van der Waals surface area contributed by atoms with Gasteiger partial charge in [-0.25, -0.2) is 0 Å². The molecule has 1 aliphatic carbocycles. The molecule has 0 saturated heterocycles. The molecule has 0 saturated carbocycles. The van der Waals surface area contributed by atoms with Crippen molar-refractivity contribution >= 4 is 13.3 Å². The van der Waals surface area contributed by atoms with Crippen molar-refractivity contribution in [1.29, 1.82) is 0 Å². The Balaban J connectivity index is 1.86. The molecule has 4 aromatic rings. The zero-order chi connectivity index (χ0) is 18.0. The van der Waals surface area contributed by atoms with Crippen LogP contribution in [-0.4, -0.2) is 7.85 Å². The third-order valence-corrected chi connectivity index (χ3v) is 5.87. The number of ether oxygens (including phenoxy) is 1. The summed E-state index contributed by atoms with van der Waals surface area (Å²) in [5, 5.41) is 0. The van der Waals surface area contributed by atoms with Gasteiger partial charge in [0, 0.05) is 11.1 Å². The molecule has 1 spiro atoms. The highest BCUT2D eigenvalue weighted by atomic mass is 16.5. The highest BCUT2D eigenvalue weighted by Crippen LogP contribution is 2.61. The molecule has 124 valence electrons. The molecule has 1 heterocycles. The van der Waals surface area contributed by atoms with Crippen molar-refractivity contribution in [1.82, 2.24) is 0 Å². The van der Waals surface area contributed by atoms with Gasteiger partial charge >= 0.3 is 0 Å². The van der Waals surface area contributed by atoms with Crippen LogP contribution in [-0.2, 0) is 5.41 Å². The van der Waals surface area contributed by atoms with E-state index in [1.807, 2.05) is 18.2 Å². The van der Waals surface area contributed by atoms with Crippen molar-refractivity contribution in [3.63, 3.8) is 0 Å². The minimum Gasteiger partial charge on any atom is -0.457 e. The van der Waals surface area contributed by atoms with E-state index in [4.69, 9.17) is 12.6 Å². The first-order chi connectivity index (χ1) is 13.3. The summed E-state index contributed by atoms with van der Waals surface area (Å²) in [7, 11) is 6.17. The topological polar surface area (TPSA) is 9.23 Å². The van der Waals surface area contributed by atoms with Crippen molar-refractivity contribution in [2.45, 2.75) is 5.41 Å². The Morgan fingerprint density at radius 1 is 0.556 bits per heavy atom. The molecule has 0 bridgehead atoms. The molecular weight excluding hydrogens is 327 g/mol. The predicted molar refractivity (Wildman–Crippen MR) is 109 cm³/mol. The maximum absolute atomic E-state index is 6.29. The number of benzene rings is 4. The summed E-state index contributed by atoms with van der Waals surface area (Å²) in [6.07, 6.45) is 0. The smallest absolute Gasteiger partial charge is 0.132 e. The van der Waals surface area contributed by atoms with Gasteiger partial charge in [-0.15, -0.1) is 0 Å². The van der Waals surface area contributed by atoms with Gasteiger partial charge in [0.05, 0.1) is 5.41 Å². The lowest BCUT2D eigenvalue weighted by molar-refractivity contribution is 0.436. The van der Waals surface area contributed by atoms with Crippen LogP contribution in [0.5, 0.6) is 11.5 Å². The van der Waals surface area contributed by atoms with E-state index in [0.717, 1.165) is 17.0 Å². The van der Waals surface area contributed by atoms with Crippen LogP contribution in [0, 0.1) is 0 Å². The van der Waals surface area contributed by atoms with Crippen molar-refractivity contribution in [2.75, 3.05) is 0 Å².